The highest BCUT2D eigenvalue weighted by atomic mass is 16.2. The van der Waals surface area contributed by atoms with Crippen LogP contribution in [-0.4, -0.2) is 36.0 Å². The summed E-state index contributed by atoms with van der Waals surface area (Å²) in [5.74, 6) is 0.187. The van der Waals surface area contributed by atoms with Crippen molar-refractivity contribution in [3.63, 3.8) is 0 Å². The van der Waals surface area contributed by atoms with Crippen molar-refractivity contribution in [1.82, 2.24) is 10.2 Å². The Morgan fingerprint density at radius 2 is 1.82 bits per heavy atom. The predicted octanol–water partition coefficient (Wildman–Crippen LogP) is 0.215. The fourth-order valence-electron chi connectivity index (χ4n) is 1.75. The highest BCUT2D eigenvalue weighted by Gasteiger charge is 2.25. The Balaban J connectivity index is 2.62. The lowest BCUT2D eigenvalue weighted by Gasteiger charge is -2.38. The molecule has 11 heavy (non-hydrogen) atoms. The second-order valence-electron chi connectivity index (χ2n) is 3.28. The summed E-state index contributed by atoms with van der Waals surface area (Å²) >= 11 is 0. The monoisotopic (exact) mass is 156 g/mol. The second kappa shape index (κ2) is 3.22. The second-order valence-corrected chi connectivity index (χ2v) is 3.28. The molecule has 1 N–H and O–H groups in total. The van der Waals surface area contributed by atoms with E-state index in [0.29, 0.717) is 12.1 Å². The van der Waals surface area contributed by atoms with E-state index in [1.54, 1.807) is 6.92 Å². The van der Waals surface area contributed by atoms with Gasteiger partial charge in [-0.1, -0.05) is 0 Å². The van der Waals surface area contributed by atoms with E-state index in [1.807, 2.05) is 4.90 Å². The zero-order chi connectivity index (χ0) is 8.43. The van der Waals surface area contributed by atoms with Crippen molar-refractivity contribution in [1.29, 1.82) is 0 Å². The molecule has 0 radical (unpaired) electrons. The summed E-state index contributed by atoms with van der Waals surface area (Å²) in [5.41, 5.74) is 0. The van der Waals surface area contributed by atoms with Crippen molar-refractivity contribution in [3.8, 4) is 0 Å². The van der Waals surface area contributed by atoms with Crippen LogP contribution in [0.3, 0.4) is 0 Å². The summed E-state index contributed by atoms with van der Waals surface area (Å²) in [7, 11) is 0. The SMILES string of the molecule is CC(=O)N1[C@@H](C)CNC[C@@H]1C. The van der Waals surface area contributed by atoms with Gasteiger partial charge in [0.05, 0.1) is 0 Å². The van der Waals surface area contributed by atoms with Gasteiger partial charge in [-0.05, 0) is 13.8 Å². The molecule has 0 aliphatic carbocycles. The number of nitrogens with one attached hydrogen (secondary N) is 1. The zero-order valence-electron chi connectivity index (χ0n) is 7.42. The molecule has 1 aliphatic heterocycles. The smallest absolute Gasteiger partial charge is 0.220 e. The minimum absolute atomic E-state index is 0.187. The lowest BCUT2D eigenvalue weighted by Crippen LogP contribution is -2.56. The number of nitrogens with zero attached hydrogens (tertiary/aromatic N) is 1. The Morgan fingerprint density at radius 3 is 2.09 bits per heavy atom. The van der Waals surface area contributed by atoms with Crippen LogP contribution in [0, 0.1) is 0 Å². The summed E-state index contributed by atoms with van der Waals surface area (Å²) in [6.07, 6.45) is 0. The third-order valence-electron chi connectivity index (χ3n) is 2.19. The van der Waals surface area contributed by atoms with Crippen LogP contribution in [0.1, 0.15) is 20.8 Å². The fraction of sp³-hybridized carbons (Fsp3) is 0.875. The molecule has 2 atom stereocenters. The number of amides is 1. The fourth-order valence-corrected chi connectivity index (χ4v) is 1.75. The topological polar surface area (TPSA) is 32.3 Å². The summed E-state index contributed by atoms with van der Waals surface area (Å²) in [4.78, 5) is 13.1. The van der Waals surface area contributed by atoms with Gasteiger partial charge in [-0.15, -0.1) is 0 Å². The third-order valence-corrected chi connectivity index (χ3v) is 2.19. The van der Waals surface area contributed by atoms with Gasteiger partial charge >= 0.3 is 0 Å². The molecule has 0 aromatic carbocycles. The third kappa shape index (κ3) is 1.71. The van der Waals surface area contributed by atoms with Crippen molar-refractivity contribution in [3.05, 3.63) is 0 Å². The molecule has 3 heteroatoms. The molecule has 0 saturated carbocycles. The molecular weight excluding hydrogens is 140 g/mol. The quantitative estimate of drug-likeness (QED) is 0.544. The van der Waals surface area contributed by atoms with E-state index in [1.165, 1.54) is 0 Å². The van der Waals surface area contributed by atoms with Gasteiger partial charge in [0.2, 0.25) is 5.91 Å². The van der Waals surface area contributed by atoms with Crippen molar-refractivity contribution in [2.45, 2.75) is 32.9 Å². The summed E-state index contributed by atoms with van der Waals surface area (Å²) in [6.45, 7) is 7.63. The maximum atomic E-state index is 11.1. The maximum absolute atomic E-state index is 11.1. The van der Waals surface area contributed by atoms with Crippen molar-refractivity contribution >= 4 is 5.91 Å². The number of carbonyl (C=O) groups is 1. The number of rotatable bonds is 0. The van der Waals surface area contributed by atoms with Gasteiger partial charge in [0.15, 0.2) is 0 Å². The van der Waals surface area contributed by atoms with Crippen LogP contribution >= 0.6 is 0 Å². The van der Waals surface area contributed by atoms with Gasteiger partial charge in [-0.25, -0.2) is 0 Å². The first-order valence-corrected chi connectivity index (χ1v) is 4.12. The van der Waals surface area contributed by atoms with Crippen molar-refractivity contribution in [2.75, 3.05) is 13.1 Å². The van der Waals surface area contributed by atoms with Crippen LogP contribution in [0.4, 0.5) is 0 Å². The average Bonchev–Trinajstić information content (AvgIpc) is 1.85. The van der Waals surface area contributed by atoms with Crippen LogP contribution in [0.15, 0.2) is 0 Å². The first kappa shape index (κ1) is 8.53. The predicted molar refractivity (Wildman–Crippen MR) is 44.3 cm³/mol. The standard InChI is InChI=1S/C8H16N2O/c1-6-4-9-5-7(2)10(6)8(3)11/h6-7,9H,4-5H2,1-3H3/t6-,7-/m0/s1. The molecule has 0 bridgehead atoms. The lowest BCUT2D eigenvalue weighted by atomic mass is 10.1. The highest BCUT2D eigenvalue weighted by Crippen LogP contribution is 2.08. The number of hydrogen-bond donors (Lipinski definition) is 1. The van der Waals surface area contributed by atoms with Gasteiger partial charge in [-0.3, -0.25) is 4.79 Å². The van der Waals surface area contributed by atoms with Gasteiger partial charge in [0.1, 0.15) is 0 Å². The average molecular weight is 156 g/mol. The van der Waals surface area contributed by atoms with E-state index in [9.17, 15) is 4.79 Å². The summed E-state index contributed by atoms with van der Waals surface area (Å²) in [5, 5.41) is 3.28. The Labute approximate surface area is 67.8 Å². The zero-order valence-corrected chi connectivity index (χ0v) is 7.42. The normalized spacial score (nSPS) is 32.1. The van der Waals surface area contributed by atoms with Gasteiger partial charge < -0.3 is 10.2 Å². The van der Waals surface area contributed by atoms with Crippen molar-refractivity contribution in [2.24, 2.45) is 0 Å². The molecule has 0 spiro atoms. The number of piperazine rings is 1. The molecule has 1 amide bonds. The molecule has 3 nitrogen and oxygen atoms in total. The molecule has 0 aromatic rings. The molecule has 1 rings (SSSR count). The largest absolute Gasteiger partial charge is 0.335 e. The summed E-state index contributed by atoms with van der Waals surface area (Å²) < 4.78 is 0. The maximum Gasteiger partial charge on any atom is 0.220 e. The Kier molecular flexibility index (Phi) is 2.49. The molecular formula is C8H16N2O. The Bertz CT molecular complexity index is 148. The number of hydrogen-bond acceptors (Lipinski definition) is 2. The highest BCUT2D eigenvalue weighted by molar-refractivity contribution is 5.74. The van der Waals surface area contributed by atoms with Crippen LogP contribution in [-0.2, 0) is 4.79 Å². The molecule has 0 unspecified atom stereocenters. The van der Waals surface area contributed by atoms with Crippen LogP contribution in [0.5, 0.6) is 0 Å². The first-order valence-electron chi connectivity index (χ1n) is 4.12. The molecule has 1 heterocycles. The van der Waals surface area contributed by atoms with Crippen molar-refractivity contribution < 1.29 is 4.79 Å². The summed E-state index contributed by atoms with van der Waals surface area (Å²) in [6, 6.07) is 0.687. The van der Waals surface area contributed by atoms with Crippen LogP contribution in [0.2, 0.25) is 0 Å². The van der Waals surface area contributed by atoms with Crippen LogP contribution < -0.4 is 5.32 Å². The van der Waals surface area contributed by atoms with E-state index in [-0.39, 0.29) is 5.91 Å². The van der Waals surface area contributed by atoms with Gasteiger partial charge in [0, 0.05) is 32.1 Å². The van der Waals surface area contributed by atoms with E-state index in [4.69, 9.17) is 0 Å². The van der Waals surface area contributed by atoms with E-state index < -0.39 is 0 Å². The minimum atomic E-state index is 0.187. The Hall–Kier alpha value is -0.570. The van der Waals surface area contributed by atoms with Gasteiger partial charge in [0.25, 0.3) is 0 Å². The molecule has 1 saturated heterocycles. The minimum Gasteiger partial charge on any atom is -0.335 e. The first-order chi connectivity index (χ1) is 5.13. The number of carbonyl (C=O) groups excluding carboxylic acids is 1. The lowest BCUT2D eigenvalue weighted by molar-refractivity contribution is -0.134. The van der Waals surface area contributed by atoms with Gasteiger partial charge in [-0.2, -0.15) is 0 Å². The van der Waals surface area contributed by atoms with E-state index in [2.05, 4.69) is 19.2 Å². The van der Waals surface area contributed by atoms with E-state index in [0.717, 1.165) is 13.1 Å². The molecule has 0 aromatic heterocycles. The molecule has 64 valence electrons. The molecule has 1 fully saturated rings. The Morgan fingerprint density at radius 1 is 1.36 bits per heavy atom. The van der Waals surface area contributed by atoms with Crippen LogP contribution in [0.25, 0.3) is 0 Å². The van der Waals surface area contributed by atoms with E-state index >= 15 is 0 Å². The molecule has 1 aliphatic rings.